The number of aromatic nitrogens is 2. The summed E-state index contributed by atoms with van der Waals surface area (Å²) in [6, 6.07) is 9.45. The molecule has 0 amide bonds. The van der Waals surface area contributed by atoms with E-state index in [1.54, 1.807) is 23.9 Å². The van der Waals surface area contributed by atoms with Gasteiger partial charge in [0, 0.05) is 37.3 Å². The minimum atomic E-state index is -0.249. The molecular weight excluding hydrogens is 418 g/mol. The lowest BCUT2D eigenvalue weighted by atomic mass is 9.94. The number of pyridine rings is 2. The average molecular weight is 438 g/mol. The first-order valence-electron chi connectivity index (χ1n) is 9.98. The van der Waals surface area contributed by atoms with E-state index in [0.717, 1.165) is 29.4 Å². The summed E-state index contributed by atoms with van der Waals surface area (Å²) >= 11 is 6.06. The van der Waals surface area contributed by atoms with Gasteiger partial charge in [-0.2, -0.15) is 5.26 Å². The third kappa shape index (κ3) is 3.26. The highest BCUT2D eigenvalue weighted by molar-refractivity contribution is 6.31. The minimum Gasteiger partial charge on any atom is -0.486 e. The van der Waals surface area contributed by atoms with Gasteiger partial charge in [0.25, 0.3) is 5.56 Å². The van der Waals surface area contributed by atoms with Crippen LogP contribution in [0.4, 0.5) is 17.1 Å². The molecule has 4 heterocycles. The molecule has 0 saturated carbocycles. The van der Waals surface area contributed by atoms with Crippen molar-refractivity contribution < 1.29 is 9.47 Å². The predicted octanol–water partition coefficient (Wildman–Crippen LogP) is 3.56. The highest BCUT2D eigenvalue weighted by atomic mass is 35.5. The second-order valence-electron chi connectivity index (χ2n) is 7.87. The van der Waals surface area contributed by atoms with Gasteiger partial charge in [0.15, 0.2) is 0 Å². The van der Waals surface area contributed by atoms with E-state index >= 15 is 0 Å². The number of halogens is 1. The van der Waals surface area contributed by atoms with E-state index in [0.29, 0.717) is 36.9 Å². The first-order chi connectivity index (χ1) is 15.0. The third-order valence-corrected chi connectivity index (χ3v) is 6.26. The minimum absolute atomic E-state index is 0.141. The van der Waals surface area contributed by atoms with Crippen LogP contribution in [-0.4, -0.2) is 34.9 Å². The molecule has 1 aromatic carbocycles. The molecule has 0 bridgehead atoms. The number of hydrogen-bond donors (Lipinski definition) is 2. The largest absolute Gasteiger partial charge is 0.486 e. The molecule has 2 aliphatic rings. The van der Waals surface area contributed by atoms with E-state index in [2.05, 4.69) is 21.7 Å². The molecule has 0 radical (unpaired) electrons. The Morgan fingerprint density at radius 2 is 2.16 bits per heavy atom. The Labute approximate surface area is 183 Å². The van der Waals surface area contributed by atoms with Gasteiger partial charge in [-0.1, -0.05) is 11.6 Å². The lowest BCUT2D eigenvalue weighted by molar-refractivity contribution is 0.175. The lowest BCUT2D eigenvalue weighted by Crippen LogP contribution is -2.39. The maximum Gasteiger partial charge on any atom is 0.295 e. The third-order valence-electron chi connectivity index (χ3n) is 5.97. The normalized spacial score (nSPS) is 19.9. The molecule has 1 unspecified atom stereocenters. The fourth-order valence-corrected chi connectivity index (χ4v) is 4.44. The molecule has 3 aromatic rings. The van der Waals surface area contributed by atoms with Crippen molar-refractivity contribution in [2.45, 2.75) is 18.4 Å². The second-order valence-corrected chi connectivity index (χ2v) is 8.23. The molecule has 31 heavy (non-hydrogen) atoms. The van der Waals surface area contributed by atoms with Gasteiger partial charge in [0.1, 0.15) is 16.8 Å². The van der Waals surface area contributed by atoms with E-state index in [9.17, 15) is 10.1 Å². The van der Waals surface area contributed by atoms with Crippen LogP contribution in [0.15, 0.2) is 35.3 Å². The van der Waals surface area contributed by atoms with Crippen molar-refractivity contribution in [3.05, 3.63) is 51.5 Å². The zero-order chi connectivity index (χ0) is 21.6. The molecule has 2 aliphatic heterocycles. The van der Waals surface area contributed by atoms with Crippen LogP contribution in [0.25, 0.3) is 10.9 Å². The molecule has 2 aromatic heterocycles. The fourth-order valence-electron chi connectivity index (χ4n) is 4.24. The first-order valence-corrected chi connectivity index (χ1v) is 10.4. The number of aryl methyl sites for hydroxylation is 1. The molecule has 8 nitrogen and oxygen atoms in total. The number of hydrogen-bond acceptors (Lipinski definition) is 7. The number of fused-ring (bicyclic) bond motifs is 3. The first kappa shape index (κ1) is 19.7. The standard InChI is InChI=1S/C22H20ClN5O3/c1-28-17-3-2-13(26-16-4-7-25-20(23)15(16)11-24)10-14(17)18-19(21(28)29)31-9-6-22(27-18)5-8-30-12-22/h2-4,7,10,27H,5-6,8-9,12H2,1H3,(H,25,26). The number of nitriles is 1. The Morgan fingerprint density at radius 3 is 2.94 bits per heavy atom. The van der Waals surface area contributed by atoms with Crippen molar-refractivity contribution in [3.8, 4) is 11.8 Å². The summed E-state index contributed by atoms with van der Waals surface area (Å²) in [6.45, 7) is 1.70. The molecule has 1 spiro atoms. The zero-order valence-corrected chi connectivity index (χ0v) is 17.6. The van der Waals surface area contributed by atoms with Gasteiger partial charge >= 0.3 is 0 Å². The number of benzene rings is 1. The summed E-state index contributed by atoms with van der Waals surface area (Å²) in [6.07, 6.45) is 3.15. The highest BCUT2D eigenvalue weighted by Gasteiger charge is 2.38. The van der Waals surface area contributed by atoms with Crippen molar-refractivity contribution in [3.63, 3.8) is 0 Å². The van der Waals surface area contributed by atoms with E-state index < -0.39 is 0 Å². The van der Waals surface area contributed by atoms with Gasteiger partial charge in [0.2, 0.25) is 5.75 Å². The van der Waals surface area contributed by atoms with Gasteiger partial charge < -0.3 is 24.7 Å². The van der Waals surface area contributed by atoms with Crippen molar-refractivity contribution in [1.29, 1.82) is 5.26 Å². The van der Waals surface area contributed by atoms with E-state index in [1.807, 2.05) is 18.2 Å². The maximum absolute atomic E-state index is 13.0. The van der Waals surface area contributed by atoms with Gasteiger partial charge in [-0.3, -0.25) is 4.79 Å². The Kier molecular flexibility index (Phi) is 4.73. The van der Waals surface area contributed by atoms with E-state index in [-0.39, 0.29) is 21.8 Å². The summed E-state index contributed by atoms with van der Waals surface area (Å²) in [5.74, 6) is 0.320. The fraction of sp³-hybridized carbons (Fsp3) is 0.318. The Bertz CT molecular complexity index is 1290. The van der Waals surface area contributed by atoms with Crippen molar-refractivity contribution in [2.75, 3.05) is 30.5 Å². The van der Waals surface area contributed by atoms with Gasteiger partial charge in [-0.15, -0.1) is 0 Å². The summed E-state index contributed by atoms with van der Waals surface area (Å²) in [4.78, 5) is 16.9. The molecule has 0 aliphatic carbocycles. The van der Waals surface area contributed by atoms with Crippen LogP contribution in [0, 0.1) is 11.3 Å². The lowest BCUT2D eigenvalue weighted by Gasteiger charge is -2.28. The van der Waals surface area contributed by atoms with Crippen LogP contribution >= 0.6 is 11.6 Å². The smallest absolute Gasteiger partial charge is 0.295 e. The molecule has 1 fully saturated rings. The highest BCUT2D eigenvalue weighted by Crippen LogP contribution is 2.39. The number of anilines is 3. The summed E-state index contributed by atoms with van der Waals surface area (Å²) < 4.78 is 13.2. The van der Waals surface area contributed by atoms with Gasteiger partial charge in [0.05, 0.1) is 35.6 Å². The van der Waals surface area contributed by atoms with Gasteiger partial charge in [-0.25, -0.2) is 4.98 Å². The molecule has 1 atom stereocenters. The Balaban J connectivity index is 1.66. The monoisotopic (exact) mass is 437 g/mol. The molecule has 2 N–H and O–H groups in total. The van der Waals surface area contributed by atoms with Crippen LogP contribution in [0.3, 0.4) is 0 Å². The maximum atomic E-state index is 13.0. The SMILES string of the molecule is Cn1c(=O)c2c(c3cc(Nc4ccnc(Cl)c4C#N)ccc31)NC1(CCOC1)CCO2. The van der Waals surface area contributed by atoms with Crippen molar-refractivity contribution in [1.82, 2.24) is 9.55 Å². The molecular formula is C22H20ClN5O3. The molecule has 5 rings (SSSR count). The number of nitrogens with zero attached hydrogens (tertiary/aromatic N) is 3. The molecule has 9 heteroatoms. The number of ether oxygens (including phenoxy) is 2. The van der Waals surface area contributed by atoms with Crippen LogP contribution in [0.2, 0.25) is 5.15 Å². The van der Waals surface area contributed by atoms with Crippen LogP contribution < -0.4 is 20.9 Å². The summed E-state index contributed by atoms with van der Waals surface area (Å²) in [7, 11) is 1.73. The molecule has 158 valence electrons. The van der Waals surface area contributed by atoms with Crippen LogP contribution in [0.1, 0.15) is 18.4 Å². The molecule has 1 saturated heterocycles. The quantitative estimate of drug-likeness (QED) is 0.591. The predicted molar refractivity (Wildman–Crippen MR) is 118 cm³/mol. The van der Waals surface area contributed by atoms with Crippen molar-refractivity contribution in [2.24, 2.45) is 7.05 Å². The second kappa shape index (κ2) is 7.45. The summed E-state index contributed by atoms with van der Waals surface area (Å²) in [5, 5.41) is 17.3. The Morgan fingerprint density at radius 1 is 1.32 bits per heavy atom. The van der Waals surface area contributed by atoms with E-state index in [4.69, 9.17) is 21.1 Å². The van der Waals surface area contributed by atoms with Crippen LogP contribution in [0.5, 0.6) is 5.75 Å². The van der Waals surface area contributed by atoms with Crippen molar-refractivity contribution >= 4 is 39.6 Å². The Hall–Kier alpha value is -3.28. The number of nitrogens with one attached hydrogen (secondary N) is 2. The number of rotatable bonds is 2. The van der Waals surface area contributed by atoms with E-state index in [1.165, 1.54) is 0 Å². The average Bonchev–Trinajstić information content (AvgIpc) is 3.13. The van der Waals surface area contributed by atoms with Crippen LogP contribution in [-0.2, 0) is 11.8 Å². The topological polar surface area (TPSA) is 101 Å². The zero-order valence-electron chi connectivity index (χ0n) is 16.9. The van der Waals surface area contributed by atoms with Gasteiger partial charge in [-0.05, 0) is 30.7 Å². The summed E-state index contributed by atoms with van der Waals surface area (Å²) in [5.41, 5.74) is 2.59.